The molecule has 4 rings (SSSR count). The Kier molecular flexibility index (Phi) is 5.70. The number of hydrogen-bond acceptors (Lipinski definition) is 3. The van der Waals surface area contributed by atoms with Gasteiger partial charge in [-0.1, -0.05) is 24.6 Å². The number of likely N-dealkylation sites (tertiary alicyclic amines) is 2. The minimum absolute atomic E-state index is 0.0817. The van der Waals surface area contributed by atoms with E-state index in [9.17, 15) is 8.78 Å². The van der Waals surface area contributed by atoms with Gasteiger partial charge >= 0.3 is 0 Å². The fourth-order valence-corrected chi connectivity index (χ4v) is 4.51. The fourth-order valence-electron chi connectivity index (χ4n) is 4.51. The van der Waals surface area contributed by atoms with E-state index in [0.717, 1.165) is 43.3 Å². The topological polar surface area (TPSA) is 15.7 Å². The lowest BCUT2D eigenvalue weighted by Gasteiger charge is -2.42. The molecule has 3 aliphatic rings. The van der Waals surface area contributed by atoms with Gasteiger partial charge in [-0.2, -0.15) is 0 Å². The summed E-state index contributed by atoms with van der Waals surface area (Å²) in [5, 5.41) is 0. The van der Waals surface area contributed by atoms with Crippen molar-refractivity contribution in [3.05, 3.63) is 36.8 Å². The Bertz CT molecular complexity index is 616. The highest BCUT2D eigenvalue weighted by Crippen LogP contribution is 2.36. The summed E-state index contributed by atoms with van der Waals surface area (Å²) in [6.07, 6.45) is 6.27. The Morgan fingerprint density at radius 3 is 2.30 bits per heavy atom. The van der Waals surface area contributed by atoms with Crippen LogP contribution < -0.4 is 4.74 Å². The first-order valence-corrected chi connectivity index (χ1v) is 10.5. The van der Waals surface area contributed by atoms with E-state index in [4.69, 9.17) is 4.74 Å². The van der Waals surface area contributed by atoms with Gasteiger partial charge in [0.1, 0.15) is 11.9 Å². The Balaban J connectivity index is 1.36. The van der Waals surface area contributed by atoms with Crippen LogP contribution in [0.15, 0.2) is 24.3 Å². The van der Waals surface area contributed by atoms with E-state index in [2.05, 4.69) is 16.7 Å². The van der Waals surface area contributed by atoms with Crippen LogP contribution in [0.3, 0.4) is 0 Å². The lowest BCUT2D eigenvalue weighted by Crippen LogP contribution is -2.46. The third kappa shape index (κ3) is 4.45. The third-order valence-corrected chi connectivity index (χ3v) is 6.61. The van der Waals surface area contributed by atoms with Crippen LogP contribution in [-0.4, -0.2) is 54.0 Å². The van der Waals surface area contributed by atoms with Crippen molar-refractivity contribution in [3.8, 4) is 5.75 Å². The molecule has 1 atom stereocenters. The van der Waals surface area contributed by atoms with Crippen molar-refractivity contribution in [2.75, 3.05) is 26.2 Å². The van der Waals surface area contributed by atoms with Crippen molar-refractivity contribution in [2.45, 2.75) is 69.1 Å². The summed E-state index contributed by atoms with van der Waals surface area (Å²) < 4.78 is 33.3. The first-order chi connectivity index (χ1) is 13.0. The highest BCUT2D eigenvalue weighted by atomic mass is 19.3. The van der Waals surface area contributed by atoms with Gasteiger partial charge in [0.2, 0.25) is 0 Å². The van der Waals surface area contributed by atoms with E-state index >= 15 is 0 Å². The summed E-state index contributed by atoms with van der Waals surface area (Å²) in [4.78, 5) is 4.67. The number of para-hydroxylation sites is 1. The summed E-state index contributed by atoms with van der Waals surface area (Å²) in [5.41, 5.74) is 1.02. The van der Waals surface area contributed by atoms with Gasteiger partial charge in [0.15, 0.2) is 0 Å². The number of rotatable bonds is 5. The number of halogens is 2. The first kappa shape index (κ1) is 19.1. The van der Waals surface area contributed by atoms with Gasteiger partial charge < -0.3 is 9.64 Å². The monoisotopic (exact) mass is 377 g/mol. The van der Waals surface area contributed by atoms with Gasteiger partial charge in [-0.25, -0.2) is 8.78 Å². The van der Waals surface area contributed by atoms with E-state index in [1.165, 1.54) is 19.3 Å². The minimum Gasteiger partial charge on any atom is -0.490 e. The molecule has 0 spiro atoms. The minimum atomic E-state index is -2.53. The Morgan fingerprint density at radius 1 is 1.00 bits per heavy atom. The summed E-state index contributed by atoms with van der Waals surface area (Å²) in [6, 6.07) is 8.66. The molecule has 3 fully saturated rings. The molecular weight excluding hydrogens is 346 g/mol. The largest absolute Gasteiger partial charge is 0.490 e. The molecule has 1 aromatic rings. The van der Waals surface area contributed by atoms with Crippen molar-refractivity contribution in [3.63, 3.8) is 0 Å². The highest BCUT2D eigenvalue weighted by Gasteiger charge is 2.36. The lowest BCUT2D eigenvalue weighted by atomic mass is 9.89. The number of piperidine rings is 2. The lowest BCUT2D eigenvalue weighted by molar-refractivity contribution is -0.0603. The zero-order chi connectivity index (χ0) is 18.9. The van der Waals surface area contributed by atoms with Crippen LogP contribution in [0.25, 0.3) is 0 Å². The van der Waals surface area contributed by atoms with Crippen LogP contribution in [0.2, 0.25) is 0 Å². The van der Waals surface area contributed by atoms with Crippen molar-refractivity contribution in [1.29, 1.82) is 0 Å². The Labute approximate surface area is 161 Å². The van der Waals surface area contributed by atoms with Crippen LogP contribution >= 0.6 is 0 Å². The zero-order valence-corrected chi connectivity index (χ0v) is 16.1. The van der Waals surface area contributed by atoms with Gasteiger partial charge in [-0.05, 0) is 38.7 Å². The quantitative estimate of drug-likeness (QED) is 0.740. The van der Waals surface area contributed by atoms with Crippen molar-refractivity contribution >= 4 is 0 Å². The predicted octanol–water partition coefficient (Wildman–Crippen LogP) is 4.69. The number of nitrogens with zero attached hydrogens (tertiary/aromatic N) is 2. The highest BCUT2D eigenvalue weighted by molar-refractivity contribution is 5.37. The molecule has 1 unspecified atom stereocenters. The van der Waals surface area contributed by atoms with E-state index in [0.29, 0.717) is 13.1 Å². The summed E-state index contributed by atoms with van der Waals surface area (Å²) in [5.74, 6) is -1.65. The first-order valence-electron chi connectivity index (χ1n) is 10.5. The maximum atomic E-state index is 13.5. The number of alkyl halides is 2. The Hall–Kier alpha value is -1.20. The van der Waals surface area contributed by atoms with E-state index in [1.54, 1.807) is 0 Å². The molecule has 0 aromatic heterocycles. The van der Waals surface area contributed by atoms with Crippen LogP contribution in [0.5, 0.6) is 5.75 Å². The summed E-state index contributed by atoms with van der Waals surface area (Å²) in [7, 11) is 0. The maximum Gasteiger partial charge on any atom is 0.250 e. The van der Waals surface area contributed by atoms with Crippen molar-refractivity contribution in [2.24, 2.45) is 0 Å². The smallest absolute Gasteiger partial charge is 0.250 e. The van der Waals surface area contributed by atoms with Gasteiger partial charge in [0.05, 0.1) is 0 Å². The average Bonchev–Trinajstić information content (AvgIpc) is 2.62. The molecule has 3 nitrogen and oxygen atoms in total. The predicted molar refractivity (Wildman–Crippen MR) is 103 cm³/mol. The zero-order valence-electron chi connectivity index (χ0n) is 16.1. The third-order valence-electron chi connectivity index (χ3n) is 6.61. The van der Waals surface area contributed by atoms with Gasteiger partial charge in [0, 0.05) is 56.7 Å². The molecule has 0 bridgehead atoms. The molecule has 2 saturated heterocycles. The summed E-state index contributed by atoms with van der Waals surface area (Å²) in [6.45, 7) is 7.28. The van der Waals surface area contributed by atoms with Crippen molar-refractivity contribution in [1.82, 2.24) is 9.80 Å². The summed E-state index contributed by atoms with van der Waals surface area (Å²) >= 11 is 0. The SMILES string of the molecule is [CH2]C(c1ccccc1OC1CCN(C2CCC2)CC1)N1CCC(F)(F)CC1. The molecule has 5 heteroatoms. The molecule has 27 heavy (non-hydrogen) atoms. The standard InChI is InChI=1S/C22H31F2N2O/c1-17(25-15-11-22(23,24)12-16-25)20-7-2-3-8-21(20)27-19-9-13-26(14-10-19)18-5-4-6-18/h2-3,7-8,17-19H,1,4-6,9-16H2. The van der Waals surface area contributed by atoms with E-state index in [-0.39, 0.29) is 25.0 Å². The van der Waals surface area contributed by atoms with E-state index < -0.39 is 5.92 Å². The van der Waals surface area contributed by atoms with Crippen LogP contribution in [0.1, 0.15) is 56.6 Å². The molecule has 2 heterocycles. The van der Waals surface area contributed by atoms with Gasteiger partial charge in [0.25, 0.3) is 5.92 Å². The van der Waals surface area contributed by atoms with Gasteiger partial charge in [-0.3, -0.25) is 4.90 Å². The molecule has 2 aliphatic heterocycles. The molecule has 149 valence electrons. The van der Waals surface area contributed by atoms with E-state index in [1.807, 2.05) is 24.3 Å². The second-order valence-corrected chi connectivity index (χ2v) is 8.38. The molecule has 1 radical (unpaired) electrons. The maximum absolute atomic E-state index is 13.5. The van der Waals surface area contributed by atoms with Crippen LogP contribution in [0.4, 0.5) is 8.78 Å². The number of benzene rings is 1. The molecule has 0 amide bonds. The second kappa shape index (κ2) is 8.04. The Morgan fingerprint density at radius 2 is 1.67 bits per heavy atom. The number of hydrogen-bond donors (Lipinski definition) is 0. The van der Waals surface area contributed by atoms with Crippen LogP contribution in [0, 0.1) is 6.92 Å². The molecule has 1 aliphatic carbocycles. The van der Waals surface area contributed by atoms with Crippen LogP contribution in [-0.2, 0) is 0 Å². The fraction of sp³-hybridized carbons (Fsp3) is 0.682. The molecule has 1 saturated carbocycles. The molecule has 1 aromatic carbocycles. The normalized spacial score (nSPS) is 26.5. The number of ether oxygens (including phenoxy) is 1. The van der Waals surface area contributed by atoms with Crippen molar-refractivity contribution < 1.29 is 13.5 Å². The van der Waals surface area contributed by atoms with Gasteiger partial charge in [-0.15, -0.1) is 0 Å². The average molecular weight is 377 g/mol. The second-order valence-electron chi connectivity index (χ2n) is 8.38. The molecule has 0 N–H and O–H groups in total. The molecular formula is C22H31F2N2O.